The molecule has 0 aromatic carbocycles. The molecular weight excluding hydrogens is 695 g/mol. The third-order valence-corrected chi connectivity index (χ3v) is 11.0. The molecule has 6 nitrogen and oxygen atoms in total. The van der Waals surface area contributed by atoms with Gasteiger partial charge in [0.1, 0.15) is 6.10 Å². The van der Waals surface area contributed by atoms with E-state index in [0.29, 0.717) is 19.3 Å². The van der Waals surface area contributed by atoms with Gasteiger partial charge in [0, 0.05) is 6.42 Å². The summed E-state index contributed by atoms with van der Waals surface area (Å²) in [6.07, 6.45) is 50.6. The summed E-state index contributed by atoms with van der Waals surface area (Å²) in [5, 5.41) is 23.7. The second kappa shape index (κ2) is 44.2. The van der Waals surface area contributed by atoms with Crippen molar-refractivity contribution in [3.63, 3.8) is 0 Å². The van der Waals surface area contributed by atoms with Crippen molar-refractivity contribution in [1.82, 2.24) is 5.32 Å². The number of esters is 1. The van der Waals surface area contributed by atoms with Crippen LogP contribution in [-0.4, -0.2) is 46.9 Å². The highest BCUT2D eigenvalue weighted by Gasteiger charge is 2.24. The Hall–Kier alpha value is -1.92. The predicted octanol–water partition coefficient (Wildman–Crippen LogP) is 14.1. The molecule has 56 heavy (non-hydrogen) atoms. The number of allylic oxidation sites excluding steroid dienone is 6. The van der Waals surface area contributed by atoms with E-state index in [2.05, 4.69) is 62.5 Å². The fraction of sp³-hybridized carbons (Fsp3) is 0.840. The van der Waals surface area contributed by atoms with Crippen LogP contribution < -0.4 is 5.32 Å². The van der Waals surface area contributed by atoms with Crippen LogP contribution in [0.5, 0.6) is 0 Å². The maximum Gasteiger partial charge on any atom is 0.306 e. The van der Waals surface area contributed by atoms with Crippen molar-refractivity contribution in [3.05, 3.63) is 36.5 Å². The minimum Gasteiger partial charge on any atom is -0.462 e. The number of hydrogen-bond acceptors (Lipinski definition) is 5. The first kappa shape index (κ1) is 54.1. The van der Waals surface area contributed by atoms with E-state index in [1.54, 1.807) is 0 Å². The van der Waals surface area contributed by atoms with Gasteiger partial charge in [-0.1, -0.05) is 198 Å². The Balaban J connectivity index is 4.56. The molecule has 0 aliphatic heterocycles. The number of amides is 1. The van der Waals surface area contributed by atoms with E-state index in [1.807, 2.05) is 0 Å². The minimum absolute atomic E-state index is 0.0663. The van der Waals surface area contributed by atoms with Gasteiger partial charge in [-0.2, -0.15) is 0 Å². The van der Waals surface area contributed by atoms with Crippen molar-refractivity contribution in [2.75, 3.05) is 6.61 Å². The number of unbranched alkanes of at least 4 members (excludes halogenated alkanes) is 25. The van der Waals surface area contributed by atoms with Gasteiger partial charge in [0.25, 0.3) is 0 Å². The highest BCUT2D eigenvalue weighted by Crippen LogP contribution is 2.18. The maximum absolute atomic E-state index is 13.1. The molecule has 1 amide bonds. The number of hydrogen-bond donors (Lipinski definition) is 3. The van der Waals surface area contributed by atoms with Crippen molar-refractivity contribution < 1.29 is 24.5 Å². The van der Waals surface area contributed by atoms with Crippen LogP contribution >= 0.6 is 0 Å². The topological polar surface area (TPSA) is 95.9 Å². The molecule has 3 unspecified atom stereocenters. The smallest absolute Gasteiger partial charge is 0.306 e. The van der Waals surface area contributed by atoms with Crippen molar-refractivity contribution in [2.24, 2.45) is 0 Å². The zero-order valence-electron chi connectivity index (χ0n) is 37.3. The first-order valence-electron chi connectivity index (χ1n) is 24.2. The molecule has 0 spiro atoms. The summed E-state index contributed by atoms with van der Waals surface area (Å²) in [4.78, 5) is 26.0. The van der Waals surface area contributed by atoms with Gasteiger partial charge in [-0.15, -0.1) is 0 Å². The molecule has 0 radical (unpaired) electrons. The molecule has 3 N–H and O–H groups in total. The summed E-state index contributed by atoms with van der Waals surface area (Å²) in [5.74, 6) is -0.495. The quantitative estimate of drug-likeness (QED) is 0.0325. The van der Waals surface area contributed by atoms with Crippen LogP contribution in [-0.2, 0) is 14.3 Å². The molecule has 3 atom stereocenters. The maximum atomic E-state index is 13.1. The molecule has 328 valence electrons. The van der Waals surface area contributed by atoms with Crippen LogP contribution in [0, 0.1) is 0 Å². The van der Waals surface area contributed by atoms with Crippen LogP contribution in [0.25, 0.3) is 0 Å². The van der Waals surface area contributed by atoms with Crippen LogP contribution in [0.4, 0.5) is 0 Å². The molecule has 0 aromatic rings. The highest BCUT2D eigenvalue weighted by molar-refractivity contribution is 5.77. The zero-order chi connectivity index (χ0) is 41.0. The lowest BCUT2D eigenvalue weighted by Crippen LogP contribution is -2.46. The second-order valence-electron chi connectivity index (χ2n) is 16.5. The third-order valence-electron chi connectivity index (χ3n) is 11.0. The Labute approximate surface area is 347 Å². The van der Waals surface area contributed by atoms with E-state index in [0.717, 1.165) is 83.5 Å². The van der Waals surface area contributed by atoms with Crippen molar-refractivity contribution >= 4 is 11.9 Å². The predicted molar refractivity (Wildman–Crippen MR) is 241 cm³/mol. The van der Waals surface area contributed by atoms with Gasteiger partial charge in [-0.3, -0.25) is 9.59 Å². The summed E-state index contributed by atoms with van der Waals surface area (Å²) in [5.41, 5.74) is 0. The van der Waals surface area contributed by atoms with Gasteiger partial charge in [0.15, 0.2) is 0 Å². The molecule has 0 aliphatic carbocycles. The molecule has 0 fully saturated rings. The van der Waals surface area contributed by atoms with Gasteiger partial charge in [0.05, 0.1) is 25.2 Å². The first-order valence-corrected chi connectivity index (χ1v) is 24.2. The Kier molecular flexibility index (Phi) is 42.7. The summed E-state index contributed by atoms with van der Waals surface area (Å²) in [6, 6.07) is -0.704. The highest BCUT2D eigenvalue weighted by atomic mass is 16.5. The molecule has 6 heteroatoms. The molecule has 0 aromatic heterocycles. The minimum atomic E-state index is -0.790. The van der Waals surface area contributed by atoms with E-state index in [-0.39, 0.29) is 24.9 Å². The van der Waals surface area contributed by atoms with Crippen molar-refractivity contribution in [3.8, 4) is 0 Å². The number of nitrogens with one attached hydrogen (secondary N) is 1. The van der Waals surface area contributed by atoms with E-state index in [4.69, 9.17) is 4.74 Å². The van der Waals surface area contributed by atoms with Crippen molar-refractivity contribution in [1.29, 1.82) is 0 Å². The standard InChI is InChI=1S/C50H93NO5/c1-4-7-10-13-16-19-22-24-25-28-30-33-36-39-42-48(53)47(45-52)51-49(54)44-46(41-38-35-32-29-27-23-20-17-14-11-8-5-2)56-50(55)43-40-37-34-31-26-21-18-15-12-9-6-3/h8,11,15,17-18,20,46-48,52-53H,4-7,9-10,12-14,16,19,21-45H2,1-3H3,(H,51,54)/b11-8+,18-15-,20-17+. The molecule has 0 saturated heterocycles. The van der Waals surface area contributed by atoms with Crippen LogP contribution in [0.2, 0.25) is 0 Å². The fourth-order valence-corrected chi connectivity index (χ4v) is 7.27. The largest absolute Gasteiger partial charge is 0.462 e. The van der Waals surface area contributed by atoms with Gasteiger partial charge in [0.2, 0.25) is 5.91 Å². The summed E-state index contributed by atoms with van der Waals surface area (Å²) in [7, 11) is 0. The lowest BCUT2D eigenvalue weighted by Gasteiger charge is -2.24. The van der Waals surface area contributed by atoms with Crippen molar-refractivity contribution in [2.45, 2.75) is 264 Å². The van der Waals surface area contributed by atoms with Gasteiger partial charge >= 0.3 is 5.97 Å². The molecule has 0 heterocycles. The molecule has 0 rings (SSSR count). The molecule has 0 bridgehead atoms. The normalized spacial score (nSPS) is 13.6. The first-order chi connectivity index (χ1) is 27.5. The number of aliphatic hydroxyl groups is 2. The monoisotopic (exact) mass is 788 g/mol. The van der Waals surface area contributed by atoms with Crippen LogP contribution in [0.15, 0.2) is 36.5 Å². The zero-order valence-corrected chi connectivity index (χ0v) is 37.3. The van der Waals surface area contributed by atoms with Crippen LogP contribution in [0.3, 0.4) is 0 Å². The number of rotatable bonds is 43. The van der Waals surface area contributed by atoms with Gasteiger partial charge in [-0.05, 0) is 70.6 Å². The summed E-state index contributed by atoms with van der Waals surface area (Å²) in [6.45, 7) is 6.33. The van der Waals surface area contributed by atoms with E-state index < -0.39 is 18.2 Å². The number of carbonyl (C=O) groups excluding carboxylic acids is 2. The average Bonchev–Trinajstić information content (AvgIpc) is 3.19. The number of ether oxygens (including phenoxy) is 1. The molecule has 0 saturated carbocycles. The van der Waals surface area contributed by atoms with Crippen LogP contribution in [0.1, 0.15) is 245 Å². The summed E-state index contributed by atoms with van der Waals surface area (Å²) < 4.78 is 5.90. The van der Waals surface area contributed by atoms with E-state index in [1.165, 1.54) is 116 Å². The lowest BCUT2D eigenvalue weighted by atomic mass is 10.0. The molecule has 0 aliphatic rings. The number of carbonyl (C=O) groups is 2. The lowest BCUT2D eigenvalue weighted by molar-refractivity contribution is -0.151. The van der Waals surface area contributed by atoms with Gasteiger partial charge < -0.3 is 20.3 Å². The van der Waals surface area contributed by atoms with Gasteiger partial charge in [-0.25, -0.2) is 0 Å². The Bertz CT molecular complexity index is 930. The second-order valence-corrected chi connectivity index (χ2v) is 16.5. The Morgan fingerprint density at radius 1 is 0.536 bits per heavy atom. The fourth-order valence-electron chi connectivity index (χ4n) is 7.27. The van der Waals surface area contributed by atoms with E-state index >= 15 is 0 Å². The summed E-state index contributed by atoms with van der Waals surface area (Å²) >= 11 is 0. The number of aliphatic hydroxyl groups excluding tert-OH is 2. The Morgan fingerprint density at radius 2 is 0.982 bits per heavy atom. The molecular formula is C50H93NO5. The van der Waals surface area contributed by atoms with E-state index in [9.17, 15) is 19.8 Å². The SMILES string of the molecule is CC/C=C/C/C=C/CCCCCCCC(CC(=O)NC(CO)C(O)CCCCCCCCCCCCCCCC)OC(=O)CCCCCCC/C=C\CCCC. The Morgan fingerprint density at radius 3 is 1.52 bits per heavy atom. The average molecular weight is 788 g/mol. The third kappa shape index (κ3) is 38.9.